The number of para-hydroxylation sites is 2. The van der Waals surface area contributed by atoms with Crippen molar-refractivity contribution in [1.82, 2.24) is 15.0 Å². The molecule has 3 rings (SSSR count). The summed E-state index contributed by atoms with van der Waals surface area (Å²) in [7, 11) is 0. The van der Waals surface area contributed by atoms with Crippen LogP contribution in [0.15, 0.2) is 24.3 Å². The number of ether oxygens (including phenoxy) is 1. The highest BCUT2D eigenvalue weighted by atomic mass is 35.5. The molecule has 0 aliphatic carbocycles. The maximum atomic E-state index is 5.85. The lowest BCUT2D eigenvalue weighted by Crippen LogP contribution is -2.47. The van der Waals surface area contributed by atoms with E-state index in [1.807, 2.05) is 25.1 Å². The van der Waals surface area contributed by atoms with Crippen LogP contribution < -0.4 is 14.5 Å². The minimum absolute atomic E-state index is 0.115. The van der Waals surface area contributed by atoms with Crippen molar-refractivity contribution in [1.29, 1.82) is 0 Å². The lowest BCUT2D eigenvalue weighted by atomic mass is 10.2. The standard InChI is InChI=1S/C15H17Cl2N5O/c1-2-23-12-6-4-3-5-11(12)21-7-9-22(10-8-21)15-19-13(16)18-14(17)20-15/h3-6H,2,7-10H2,1H3. The molecule has 6 nitrogen and oxygen atoms in total. The summed E-state index contributed by atoms with van der Waals surface area (Å²) in [6.07, 6.45) is 0. The molecule has 2 heterocycles. The molecule has 0 amide bonds. The second kappa shape index (κ2) is 7.19. The van der Waals surface area contributed by atoms with Crippen LogP contribution in [0.3, 0.4) is 0 Å². The Kier molecular flexibility index (Phi) is 5.03. The van der Waals surface area contributed by atoms with Crippen LogP contribution in [0.1, 0.15) is 6.92 Å². The first-order valence-corrected chi connectivity index (χ1v) is 8.21. The van der Waals surface area contributed by atoms with Crippen molar-refractivity contribution in [2.45, 2.75) is 6.92 Å². The Morgan fingerprint density at radius 2 is 1.57 bits per heavy atom. The fourth-order valence-electron chi connectivity index (χ4n) is 2.60. The lowest BCUT2D eigenvalue weighted by Gasteiger charge is -2.36. The second-order valence-corrected chi connectivity index (χ2v) is 5.72. The highest BCUT2D eigenvalue weighted by Crippen LogP contribution is 2.29. The van der Waals surface area contributed by atoms with Gasteiger partial charge in [0, 0.05) is 26.2 Å². The van der Waals surface area contributed by atoms with Crippen LogP contribution in [0.5, 0.6) is 5.75 Å². The quantitative estimate of drug-likeness (QED) is 0.842. The van der Waals surface area contributed by atoms with E-state index in [2.05, 4.69) is 30.8 Å². The molecule has 0 bridgehead atoms. The van der Waals surface area contributed by atoms with Crippen molar-refractivity contribution in [3.63, 3.8) is 0 Å². The lowest BCUT2D eigenvalue weighted by molar-refractivity contribution is 0.340. The summed E-state index contributed by atoms with van der Waals surface area (Å²) >= 11 is 11.7. The molecule has 1 fully saturated rings. The molecule has 0 saturated carbocycles. The Morgan fingerprint density at radius 3 is 2.22 bits per heavy atom. The number of hydrogen-bond acceptors (Lipinski definition) is 6. The number of halogens is 2. The van der Waals surface area contributed by atoms with Gasteiger partial charge in [0.1, 0.15) is 5.75 Å². The van der Waals surface area contributed by atoms with Crippen molar-refractivity contribution in [2.75, 3.05) is 42.6 Å². The Bertz CT molecular complexity index is 656. The molecule has 23 heavy (non-hydrogen) atoms. The summed E-state index contributed by atoms with van der Waals surface area (Å²) in [5.74, 6) is 1.43. The van der Waals surface area contributed by atoms with E-state index in [1.165, 1.54) is 0 Å². The SMILES string of the molecule is CCOc1ccccc1N1CCN(c2nc(Cl)nc(Cl)n2)CC1. The summed E-state index contributed by atoms with van der Waals surface area (Å²) in [4.78, 5) is 16.4. The predicted molar refractivity (Wildman–Crippen MR) is 91.9 cm³/mol. The number of aromatic nitrogens is 3. The monoisotopic (exact) mass is 353 g/mol. The first-order valence-electron chi connectivity index (χ1n) is 7.46. The number of hydrogen-bond donors (Lipinski definition) is 0. The van der Waals surface area contributed by atoms with Crippen LogP contribution in [0, 0.1) is 0 Å². The second-order valence-electron chi connectivity index (χ2n) is 5.05. The maximum absolute atomic E-state index is 5.85. The van der Waals surface area contributed by atoms with Crippen LogP contribution in [0.4, 0.5) is 11.6 Å². The fraction of sp³-hybridized carbons (Fsp3) is 0.400. The van der Waals surface area contributed by atoms with Crippen LogP contribution in [-0.4, -0.2) is 47.7 Å². The van der Waals surface area contributed by atoms with Gasteiger partial charge >= 0.3 is 0 Å². The molecule has 2 aromatic rings. The molecule has 1 aromatic heterocycles. The third kappa shape index (κ3) is 3.76. The van der Waals surface area contributed by atoms with Crippen molar-refractivity contribution < 1.29 is 4.74 Å². The van der Waals surface area contributed by atoms with E-state index in [4.69, 9.17) is 27.9 Å². The molecular formula is C15H17Cl2N5O. The third-order valence-electron chi connectivity index (χ3n) is 3.64. The number of rotatable bonds is 4. The summed E-state index contributed by atoms with van der Waals surface area (Å²) in [6, 6.07) is 8.09. The van der Waals surface area contributed by atoms with Gasteiger partial charge in [-0.1, -0.05) is 12.1 Å². The highest BCUT2D eigenvalue weighted by Gasteiger charge is 2.22. The van der Waals surface area contributed by atoms with Crippen molar-refractivity contribution in [3.8, 4) is 5.75 Å². The minimum Gasteiger partial charge on any atom is -0.492 e. The van der Waals surface area contributed by atoms with Crippen LogP contribution in [-0.2, 0) is 0 Å². The first kappa shape index (κ1) is 16.1. The Hall–Kier alpha value is -1.79. The van der Waals surface area contributed by atoms with Crippen molar-refractivity contribution in [3.05, 3.63) is 34.8 Å². The number of benzene rings is 1. The van der Waals surface area contributed by atoms with Crippen LogP contribution >= 0.6 is 23.2 Å². The minimum atomic E-state index is 0.115. The van der Waals surface area contributed by atoms with Crippen molar-refractivity contribution >= 4 is 34.8 Å². The fourth-order valence-corrected chi connectivity index (χ4v) is 2.96. The number of nitrogens with zero attached hydrogens (tertiary/aromatic N) is 5. The van der Waals surface area contributed by atoms with Gasteiger partial charge in [-0.2, -0.15) is 15.0 Å². The topological polar surface area (TPSA) is 54.4 Å². The Morgan fingerprint density at radius 1 is 0.957 bits per heavy atom. The maximum Gasteiger partial charge on any atom is 0.231 e. The van der Waals surface area contributed by atoms with Gasteiger partial charge in [-0.05, 0) is 42.3 Å². The summed E-state index contributed by atoms with van der Waals surface area (Å²) in [5, 5.41) is 0.230. The molecule has 1 aromatic carbocycles. The molecule has 0 unspecified atom stereocenters. The van der Waals surface area contributed by atoms with Gasteiger partial charge in [0.25, 0.3) is 0 Å². The summed E-state index contributed by atoms with van der Waals surface area (Å²) < 4.78 is 5.71. The van der Waals surface area contributed by atoms with Gasteiger partial charge in [-0.3, -0.25) is 0 Å². The normalized spacial score (nSPS) is 14.9. The molecule has 0 atom stereocenters. The Labute approximate surface area is 145 Å². The van der Waals surface area contributed by atoms with Gasteiger partial charge in [-0.15, -0.1) is 0 Å². The number of piperazine rings is 1. The molecule has 1 aliphatic heterocycles. The van der Waals surface area contributed by atoms with Gasteiger partial charge in [0.15, 0.2) is 0 Å². The Balaban J connectivity index is 1.71. The van der Waals surface area contributed by atoms with Gasteiger partial charge < -0.3 is 14.5 Å². The molecular weight excluding hydrogens is 337 g/mol. The van der Waals surface area contributed by atoms with E-state index in [1.54, 1.807) is 0 Å². The molecule has 0 spiro atoms. The van der Waals surface area contributed by atoms with E-state index in [0.29, 0.717) is 12.6 Å². The van der Waals surface area contributed by atoms with E-state index >= 15 is 0 Å². The smallest absolute Gasteiger partial charge is 0.231 e. The molecule has 122 valence electrons. The summed E-state index contributed by atoms with van der Waals surface area (Å²) in [6.45, 7) is 5.87. The molecule has 0 radical (unpaired) electrons. The number of anilines is 2. The summed E-state index contributed by atoms with van der Waals surface area (Å²) in [5.41, 5.74) is 1.11. The zero-order chi connectivity index (χ0) is 16.2. The average Bonchev–Trinajstić information content (AvgIpc) is 2.55. The van der Waals surface area contributed by atoms with E-state index < -0.39 is 0 Å². The predicted octanol–water partition coefficient (Wildman–Crippen LogP) is 2.90. The molecule has 1 saturated heterocycles. The zero-order valence-corrected chi connectivity index (χ0v) is 14.3. The van der Waals surface area contributed by atoms with Gasteiger partial charge in [-0.25, -0.2) is 0 Å². The third-order valence-corrected chi connectivity index (χ3v) is 3.98. The van der Waals surface area contributed by atoms with E-state index in [9.17, 15) is 0 Å². The van der Waals surface area contributed by atoms with Crippen molar-refractivity contribution in [2.24, 2.45) is 0 Å². The van der Waals surface area contributed by atoms with E-state index in [-0.39, 0.29) is 10.6 Å². The zero-order valence-electron chi connectivity index (χ0n) is 12.7. The largest absolute Gasteiger partial charge is 0.492 e. The van der Waals surface area contributed by atoms with Crippen LogP contribution in [0.2, 0.25) is 10.6 Å². The van der Waals surface area contributed by atoms with E-state index in [0.717, 1.165) is 37.6 Å². The van der Waals surface area contributed by atoms with Crippen LogP contribution in [0.25, 0.3) is 0 Å². The van der Waals surface area contributed by atoms with Gasteiger partial charge in [0.05, 0.1) is 12.3 Å². The average molecular weight is 354 g/mol. The first-order chi connectivity index (χ1) is 11.2. The highest BCUT2D eigenvalue weighted by molar-refractivity contribution is 6.31. The molecule has 8 heteroatoms. The van der Waals surface area contributed by atoms with Gasteiger partial charge in [0.2, 0.25) is 16.5 Å². The molecule has 1 aliphatic rings. The molecule has 0 N–H and O–H groups in total.